The summed E-state index contributed by atoms with van der Waals surface area (Å²) in [6.45, 7) is 0.601. The van der Waals surface area contributed by atoms with Gasteiger partial charge in [-0.15, -0.1) is 0 Å². The van der Waals surface area contributed by atoms with Gasteiger partial charge in [-0.2, -0.15) is 0 Å². The molecule has 0 aliphatic heterocycles. The van der Waals surface area contributed by atoms with Gasteiger partial charge in [-0.05, 0) is 32.1 Å². The van der Waals surface area contributed by atoms with Crippen molar-refractivity contribution in [2.75, 3.05) is 11.9 Å². The first-order valence-electron chi connectivity index (χ1n) is 5.64. The molecule has 0 heterocycles. The quantitative estimate of drug-likeness (QED) is 0.594. The van der Waals surface area contributed by atoms with Gasteiger partial charge < -0.3 is 10.4 Å². The average Bonchev–Trinajstić information content (AvgIpc) is 2.34. The predicted octanol–water partition coefficient (Wildman–Crippen LogP) is 1.29. The molecule has 4 heteroatoms. The lowest BCUT2D eigenvalue weighted by Crippen LogP contribution is -2.33. The van der Waals surface area contributed by atoms with Crippen molar-refractivity contribution in [2.45, 2.75) is 32.1 Å². The highest BCUT2D eigenvalue weighted by Crippen LogP contribution is 2.20. The average molecular weight is 221 g/mol. The molecule has 16 heavy (non-hydrogen) atoms. The van der Waals surface area contributed by atoms with Crippen LogP contribution in [0.5, 0.6) is 5.75 Å². The second-order valence-corrected chi connectivity index (χ2v) is 4.17. The number of rotatable bonds is 4. The van der Waals surface area contributed by atoms with Crippen molar-refractivity contribution in [2.24, 2.45) is 0 Å². The standard InChI is InChI=1S/C12H15NO3/c14-10-9(11(15)12(10)16)13-7-6-8-4-2-1-3-5-8/h4,13-14H,1-3,5-7H2. The third-order valence-electron chi connectivity index (χ3n) is 3.02. The van der Waals surface area contributed by atoms with E-state index >= 15 is 0 Å². The van der Waals surface area contributed by atoms with E-state index in [1.54, 1.807) is 0 Å². The molecule has 0 atom stereocenters. The van der Waals surface area contributed by atoms with E-state index in [0.29, 0.717) is 6.54 Å². The van der Waals surface area contributed by atoms with E-state index < -0.39 is 16.6 Å². The summed E-state index contributed by atoms with van der Waals surface area (Å²) in [6, 6.07) is 0. The van der Waals surface area contributed by atoms with Crippen molar-refractivity contribution in [3.05, 3.63) is 32.1 Å². The second-order valence-electron chi connectivity index (χ2n) is 4.17. The molecule has 2 rings (SSSR count). The highest BCUT2D eigenvalue weighted by Gasteiger charge is 2.19. The molecule has 4 nitrogen and oxygen atoms in total. The van der Waals surface area contributed by atoms with Crippen LogP contribution in [0.1, 0.15) is 32.1 Å². The molecule has 0 saturated heterocycles. The number of anilines is 1. The number of hydrogen-bond acceptors (Lipinski definition) is 4. The van der Waals surface area contributed by atoms with E-state index in [0.717, 1.165) is 19.3 Å². The SMILES string of the molecule is O=c1c(O)c(NCCC2=CCCCC2)c1=O. The van der Waals surface area contributed by atoms with Crippen LogP contribution in [0.15, 0.2) is 21.2 Å². The van der Waals surface area contributed by atoms with Crippen LogP contribution >= 0.6 is 0 Å². The van der Waals surface area contributed by atoms with Crippen molar-refractivity contribution < 1.29 is 5.11 Å². The molecule has 0 fully saturated rings. The highest BCUT2D eigenvalue weighted by atomic mass is 16.3. The van der Waals surface area contributed by atoms with Crippen LogP contribution in [0.2, 0.25) is 0 Å². The fourth-order valence-corrected chi connectivity index (χ4v) is 2.02. The number of nitrogens with one attached hydrogen (secondary N) is 1. The zero-order chi connectivity index (χ0) is 11.5. The first kappa shape index (κ1) is 10.9. The van der Waals surface area contributed by atoms with E-state index in [1.807, 2.05) is 0 Å². The Balaban J connectivity index is 1.83. The van der Waals surface area contributed by atoms with Crippen LogP contribution in [0.4, 0.5) is 5.69 Å². The Kier molecular flexibility index (Phi) is 3.08. The van der Waals surface area contributed by atoms with Gasteiger partial charge in [0, 0.05) is 6.54 Å². The number of hydrogen-bond donors (Lipinski definition) is 2. The highest BCUT2D eigenvalue weighted by molar-refractivity contribution is 5.60. The molecule has 0 unspecified atom stereocenters. The molecule has 1 aliphatic rings. The van der Waals surface area contributed by atoms with Crippen molar-refractivity contribution in [1.82, 2.24) is 0 Å². The molecule has 1 aliphatic carbocycles. The number of allylic oxidation sites excluding steroid dienone is 1. The lowest BCUT2D eigenvalue weighted by molar-refractivity contribution is 0.465. The summed E-state index contributed by atoms with van der Waals surface area (Å²) in [4.78, 5) is 21.7. The summed E-state index contributed by atoms with van der Waals surface area (Å²) in [7, 11) is 0. The first-order chi connectivity index (χ1) is 7.70. The normalized spacial score (nSPS) is 16.1. The molecule has 1 aromatic carbocycles. The summed E-state index contributed by atoms with van der Waals surface area (Å²) in [5, 5.41) is 11.9. The topological polar surface area (TPSA) is 66.4 Å². The lowest BCUT2D eigenvalue weighted by atomic mass is 9.97. The minimum absolute atomic E-state index is 0.0846. The third-order valence-corrected chi connectivity index (χ3v) is 3.02. The van der Waals surface area contributed by atoms with Gasteiger partial charge in [-0.25, -0.2) is 0 Å². The minimum Gasteiger partial charge on any atom is -0.502 e. The molecule has 86 valence electrons. The third kappa shape index (κ3) is 2.01. The molecule has 0 spiro atoms. The van der Waals surface area contributed by atoms with E-state index in [1.165, 1.54) is 18.4 Å². The Morgan fingerprint density at radius 3 is 2.69 bits per heavy atom. The largest absolute Gasteiger partial charge is 0.502 e. The zero-order valence-corrected chi connectivity index (χ0v) is 9.08. The number of aromatic hydroxyl groups is 1. The molecule has 0 bridgehead atoms. The molecule has 1 aromatic rings. The maximum Gasteiger partial charge on any atom is 0.271 e. The summed E-state index contributed by atoms with van der Waals surface area (Å²) >= 11 is 0. The van der Waals surface area contributed by atoms with Gasteiger partial charge in [0.2, 0.25) is 0 Å². The van der Waals surface area contributed by atoms with Gasteiger partial charge >= 0.3 is 0 Å². The molecule has 0 amide bonds. The fourth-order valence-electron chi connectivity index (χ4n) is 2.02. The molecule has 0 saturated carbocycles. The maximum atomic E-state index is 11.0. The summed E-state index contributed by atoms with van der Waals surface area (Å²) < 4.78 is 0. The Bertz CT molecular complexity index is 480. The zero-order valence-electron chi connectivity index (χ0n) is 9.08. The van der Waals surface area contributed by atoms with Gasteiger partial charge in [0.15, 0.2) is 5.75 Å². The smallest absolute Gasteiger partial charge is 0.271 e. The summed E-state index contributed by atoms with van der Waals surface area (Å²) in [6.07, 6.45) is 7.87. The molecule has 0 radical (unpaired) electrons. The van der Waals surface area contributed by atoms with Crippen molar-refractivity contribution in [3.63, 3.8) is 0 Å². The molecule has 2 N–H and O–H groups in total. The monoisotopic (exact) mass is 221 g/mol. The van der Waals surface area contributed by atoms with Crippen LogP contribution < -0.4 is 16.2 Å². The van der Waals surface area contributed by atoms with E-state index in [2.05, 4.69) is 11.4 Å². The Morgan fingerprint density at radius 2 is 2.06 bits per heavy atom. The van der Waals surface area contributed by atoms with Crippen molar-refractivity contribution in [1.29, 1.82) is 0 Å². The van der Waals surface area contributed by atoms with E-state index in [9.17, 15) is 9.59 Å². The molecular weight excluding hydrogens is 206 g/mol. The van der Waals surface area contributed by atoms with Crippen LogP contribution in [0.3, 0.4) is 0 Å². The van der Waals surface area contributed by atoms with Crippen LogP contribution in [0, 0.1) is 0 Å². The van der Waals surface area contributed by atoms with Crippen molar-refractivity contribution in [3.8, 4) is 5.75 Å². The van der Waals surface area contributed by atoms with Crippen LogP contribution in [-0.4, -0.2) is 11.7 Å². The minimum atomic E-state index is -0.778. The Labute approximate surface area is 93.3 Å². The predicted molar refractivity (Wildman–Crippen MR) is 62.7 cm³/mol. The first-order valence-corrected chi connectivity index (χ1v) is 5.64. The Hall–Kier alpha value is -1.58. The molecule has 0 aromatic heterocycles. The van der Waals surface area contributed by atoms with E-state index in [4.69, 9.17) is 5.11 Å². The molecular formula is C12H15NO3. The van der Waals surface area contributed by atoms with E-state index in [-0.39, 0.29) is 5.69 Å². The fraction of sp³-hybridized carbons (Fsp3) is 0.500. The van der Waals surface area contributed by atoms with Gasteiger partial charge in [0.1, 0.15) is 5.69 Å². The van der Waals surface area contributed by atoms with Gasteiger partial charge in [0.25, 0.3) is 10.9 Å². The Morgan fingerprint density at radius 1 is 1.25 bits per heavy atom. The van der Waals surface area contributed by atoms with Gasteiger partial charge in [0.05, 0.1) is 0 Å². The van der Waals surface area contributed by atoms with Gasteiger partial charge in [-0.1, -0.05) is 11.6 Å². The maximum absolute atomic E-state index is 11.0. The van der Waals surface area contributed by atoms with Crippen LogP contribution in [0.25, 0.3) is 0 Å². The lowest BCUT2D eigenvalue weighted by Gasteiger charge is -2.14. The van der Waals surface area contributed by atoms with Crippen molar-refractivity contribution >= 4 is 5.69 Å². The summed E-state index contributed by atoms with van der Waals surface area (Å²) in [5.41, 5.74) is 0.104. The van der Waals surface area contributed by atoms with Crippen LogP contribution in [-0.2, 0) is 0 Å². The van der Waals surface area contributed by atoms with Gasteiger partial charge in [-0.3, -0.25) is 9.59 Å². The summed E-state index contributed by atoms with van der Waals surface area (Å²) in [5.74, 6) is -0.414. The second kappa shape index (κ2) is 4.51.